The number of Topliss-reactive ketones (excluding diaryl/α,β-unsaturated/α-hetero) is 1. The highest BCUT2D eigenvalue weighted by Crippen LogP contribution is 2.34. The normalized spacial score (nSPS) is 15.4. The van der Waals surface area contributed by atoms with Gasteiger partial charge in [-0.2, -0.15) is 0 Å². The van der Waals surface area contributed by atoms with Gasteiger partial charge in [-0.25, -0.2) is 0 Å². The maximum absolute atomic E-state index is 12.4. The second kappa shape index (κ2) is 4.86. The summed E-state index contributed by atoms with van der Waals surface area (Å²) in [5.41, 5.74) is 2.27. The van der Waals surface area contributed by atoms with E-state index < -0.39 is 4.92 Å². The number of para-hydroxylation sites is 2. The molecule has 5 nitrogen and oxygen atoms in total. The third-order valence-electron chi connectivity index (χ3n) is 3.53. The van der Waals surface area contributed by atoms with Crippen LogP contribution in [-0.2, 0) is 0 Å². The molecule has 3 rings (SSSR count). The first-order chi connectivity index (χ1) is 10.1. The van der Waals surface area contributed by atoms with Crippen molar-refractivity contribution in [2.45, 2.75) is 0 Å². The van der Waals surface area contributed by atoms with E-state index in [-0.39, 0.29) is 11.5 Å². The van der Waals surface area contributed by atoms with Gasteiger partial charge in [0.2, 0.25) is 5.78 Å². The van der Waals surface area contributed by atoms with Crippen molar-refractivity contribution in [3.63, 3.8) is 0 Å². The number of carbonyl (C=O) groups excluding carboxylic acids is 1. The molecule has 0 radical (unpaired) electrons. The molecule has 0 saturated carbocycles. The molecular formula is C16H12N2O3. The van der Waals surface area contributed by atoms with Crippen LogP contribution in [0.4, 0.5) is 11.4 Å². The van der Waals surface area contributed by atoms with Crippen molar-refractivity contribution in [2.75, 3.05) is 11.9 Å². The van der Waals surface area contributed by atoms with Gasteiger partial charge in [-0.05, 0) is 24.3 Å². The smallest absolute Gasteiger partial charge is 0.276 e. The minimum Gasteiger partial charge on any atom is -0.341 e. The van der Waals surface area contributed by atoms with Crippen molar-refractivity contribution < 1.29 is 9.72 Å². The quantitative estimate of drug-likeness (QED) is 0.481. The van der Waals surface area contributed by atoms with Crippen LogP contribution in [0.2, 0.25) is 0 Å². The lowest BCUT2D eigenvalue weighted by atomic mass is 10.1. The fourth-order valence-corrected chi connectivity index (χ4v) is 2.46. The number of nitro benzene ring substituents is 1. The van der Waals surface area contributed by atoms with Gasteiger partial charge in [0.15, 0.2) is 0 Å². The topological polar surface area (TPSA) is 63.4 Å². The number of rotatable bonds is 2. The van der Waals surface area contributed by atoms with Gasteiger partial charge in [0, 0.05) is 18.7 Å². The molecule has 1 aliphatic heterocycles. The SMILES string of the molecule is CN1/C(=C/c2ccccc2[N+](=O)[O-])C(=O)c2ccccc21. The van der Waals surface area contributed by atoms with Crippen molar-refractivity contribution >= 4 is 23.2 Å². The molecule has 104 valence electrons. The Morgan fingerprint density at radius 1 is 1.10 bits per heavy atom. The summed E-state index contributed by atoms with van der Waals surface area (Å²) in [5, 5.41) is 11.1. The summed E-state index contributed by atoms with van der Waals surface area (Å²) >= 11 is 0. The lowest BCUT2D eigenvalue weighted by Crippen LogP contribution is -2.13. The number of anilines is 1. The summed E-state index contributed by atoms with van der Waals surface area (Å²) in [6.45, 7) is 0. The molecule has 0 fully saturated rings. The second-order valence-electron chi connectivity index (χ2n) is 4.75. The molecule has 0 unspecified atom stereocenters. The summed E-state index contributed by atoms with van der Waals surface area (Å²) in [6.07, 6.45) is 1.57. The molecule has 2 aromatic carbocycles. The van der Waals surface area contributed by atoms with Gasteiger partial charge in [0.1, 0.15) is 0 Å². The Morgan fingerprint density at radius 3 is 2.48 bits per heavy atom. The van der Waals surface area contributed by atoms with Crippen molar-refractivity contribution in [3.05, 3.63) is 75.5 Å². The molecule has 0 aliphatic carbocycles. The average molecular weight is 280 g/mol. The van der Waals surface area contributed by atoms with Gasteiger partial charge in [-0.1, -0.05) is 24.3 Å². The fraction of sp³-hybridized carbons (Fsp3) is 0.0625. The first kappa shape index (κ1) is 13.1. The number of ketones is 1. The maximum atomic E-state index is 12.4. The van der Waals surface area contributed by atoms with E-state index in [1.165, 1.54) is 6.07 Å². The Labute approximate surface area is 121 Å². The van der Waals surface area contributed by atoms with E-state index in [4.69, 9.17) is 0 Å². The van der Waals surface area contributed by atoms with E-state index in [9.17, 15) is 14.9 Å². The Hall–Kier alpha value is -2.95. The number of nitro groups is 1. The maximum Gasteiger partial charge on any atom is 0.276 e. The Kier molecular flexibility index (Phi) is 3.02. The number of hydrogen-bond acceptors (Lipinski definition) is 4. The van der Waals surface area contributed by atoms with E-state index in [0.717, 1.165) is 5.69 Å². The molecule has 21 heavy (non-hydrogen) atoms. The molecule has 0 atom stereocenters. The van der Waals surface area contributed by atoms with Crippen LogP contribution in [-0.4, -0.2) is 17.8 Å². The number of hydrogen-bond donors (Lipinski definition) is 0. The van der Waals surface area contributed by atoms with Crippen LogP contribution in [0, 0.1) is 10.1 Å². The monoisotopic (exact) mass is 280 g/mol. The molecule has 0 saturated heterocycles. The molecule has 0 bridgehead atoms. The van der Waals surface area contributed by atoms with Crippen molar-refractivity contribution in [3.8, 4) is 0 Å². The van der Waals surface area contributed by atoms with Gasteiger partial charge in [0.25, 0.3) is 5.69 Å². The molecule has 1 aliphatic rings. The summed E-state index contributed by atoms with van der Waals surface area (Å²) in [5.74, 6) is -0.119. The van der Waals surface area contributed by atoms with Crippen LogP contribution in [0.5, 0.6) is 0 Å². The minimum atomic E-state index is -0.445. The molecule has 1 heterocycles. The molecule has 5 heteroatoms. The number of allylic oxidation sites excluding steroid dienone is 1. The largest absolute Gasteiger partial charge is 0.341 e. The van der Waals surface area contributed by atoms with Crippen molar-refractivity contribution in [1.29, 1.82) is 0 Å². The van der Waals surface area contributed by atoms with Gasteiger partial charge in [-0.3, -0.25) is 14.9 Å². The Balaban J connectivity index is 2.11. The zero-order chi connectivity index (χ0) is 15.0. The Morgan fingerprint density at radius 2 is 1.76 bits per heavy atom. The van der Waals surface area contributed by atoms with Crippen LogP contribution in [0.25, 0.3) is 6.08 Å². The van der Waals surface area contributed by atoms with Crippen molar-refractivity contribution in [1.82, 2.24) is 0 Å². The van der Waals surface area contributed by atoms with E-state index >= 15 is 0 Å². The number of carbonyl (C=O) groups is 1. The van der Waals surface area contributed by atoms with E-state index in [1.807, 2.05) is 12.1 Å². The first-order valence-corrected chi connectivity index (χ1v) is 6.42. The van der Waals surface area contributed by atoms with Gasteiger partial charge < -0.3 is 4.90 Å². The van der Waals surface area contributed by atoms with Crippen LogP contribution in [0.15, 0.2) is 54.2 Å². The van der Waals surface area contributed by atoms with E-state index in [0.29, 0.717) is 16.8 Å². The predicted octanol–water partition coefficient (Wildman–Crippen LogP) is 3.27. The fourth-order valence-electron chi connectivity index (χ4n) is 2.46. The highest BCUT2D eigenvalue weighted by Gasteiger charge is 2.29. The third kappa shape index (κ3) is 2.08. The van der Waals surface area contributed by atoms with Crippen molar-refractivity contribution in [2.24, 2.45) is 0 Å². The van der Waals surface area contributed by atoms with Gasteiger partial charge >= 0.3 is 0 Å². The Bertz CT molecular complexity index is 781. The predicted molar refractivity (Wildman–Crippen MR) is 80.2 cm³/mol. The van der Waals surface area contributed by atoms with Gasteiger partial charge in [-0.15, -0.1) is 0 Å². The summed E-state index contributed by atoms with van der Waals surface area (Å²) in [4.78, 5) is 24.8. The van der Waals surface area contributed by atoms with Gasteiger partial charge in [0.05, 0.1) is 21.9 Å². The van der Waals surface area contributed by atoms with Crippen LogP contribution in [0.3, 0.4) is 0 Å². The number of benzene rings is 2. The van der Waals surface area contributed by atoms with E-state index in [2.05, 4.69) is 0 Å². The number of nitrogens with zero attached hydrogens (tertiary/aromatic N) is 2. The summed E-state index contributed by atoms with van der Waals surface area (Å²) < 4.78 is 0. The molecule has 0 aromatic heterocycles. The molecule has 0 amide bonds. The molecule has 0 spiro atoms. The highest BCUT2D eigenvalue weighted by molar-refractivity contribution is 6.21. The number of fused-ring (bicyclic) bond motifs is 1. The second-order valence-corrected chi connectivity index (χ2v) is 4.75. The van der Waals surface area contributed by atoms with Crippen LogP contribution >= 0.6 is 0 Å². The lowest BCUT2D eigenvalue weighted by molar-refractivity contribution is -0.385. The number of likely N-dealkylation sites (N-methyl/N-ethyl adjacent to an activating group) is 1. The lowest BCUT2D eigenvalue weighted by Gasteiger charge is -2.13. The highest BCUT2D eigenvalue weighted by atomic mass is 16.6. The minimum absolute atomic E-state index is 0.0119. The summed E-state index contributed by atoms with van der Waals surface area (Å²) in [7, 11) is 1.78. The first-order valence-electron chi connectivity index (χ1n) is 6.42. The summed E-state index contributed by atoms with van der Waals surface area (Å²) in [6, 6.07) is 13.7. The van der Waals surface area contributed by atoms with Crippen LogP contribution in [0.1, 0.15) is 15.9 Å². The van der Waals surface area contributed by atoms with E-state index in [1.54, 1.807) is 48.4 Å². The average Bonchev–Trinajstić information content (AvgIpc) is 2.73. The molecular weight excluding hydrogens is 268 g/mol. The molecule has 0 N–H and O–H groups in total. The standard InChI is InChI=1S/C16H12N2O3/c1-17-14-9-5-3-7-12(14)16(19)15(17)10-11-6-2-4-8-13(11)18(20)21/h2-10H,1H3/b15-10+. The zero-order valence-electron chi connectivity index (χ0n) is 11.3. The third-order valence-corrected chi connectivity index (χ3v) is 3.53. The molecule has 2 aromatic rings. The van der Waals surface area contributed by atoms with Crippen LogP contribution < -0.4 is 4.90 Å². The zero-order valence-corrected chi connectivity index (χ0v) is 11.3.